The van der Waals surface area contributed by atoms with Gasteiger partial charge in [-0.1, -0.05) is 59.0 Å². The van der Waals surface area contributed by atoms with E-state index < -0.39 is 0 Å². The first kappa shape index (κ1) is 23.3. The fourth-order valence-corrected chi connectivity index (χ4v) is 3.61. The summed E-state index contributed by atoms with van der Waals surface area (Å²) in [5, 5.41) is 4.55. The van der Waals surface area contributed by atoms with Crippen molar-refractivity contribution in [3.63, 3.8) is 0 Å². The fraction of sp³-hybridized carbons (Fsp3) is 0.429. The van der Waals surface area contributed by atoms with Crippen LogP contribution in [0.15, 0.2) is 34.8 Å². The third-order valence-corrected chi connectivity index (χ3v) is 6.04. The molecule has 0 aliphatic carbocycles. The first-order chi connectivity index (χ1) is 13.5. The number of benzene rings is 2. The van der Waals surface area contributed by atoms with Crippen molar-refractivity contribution in [2.24, 2.45) is 0 Å². The van der Waals surface area contributed by atoms with Crippen LogP contribution >= 0.6 is 39.1 Å². The molecule has 0 aromatic heterocycles. The Morgan fingerprint density at radius 1 is 1.07 bits per heavy atom. The minimum atomic E-state index is 0.371. The molecular weight excluding hydrogens is 463 g/mol. The van der Waals surface area contributed by atoms with Gasteiger partial charge in [-0.25, -0.2) is 0 Å². The van der Waals surface area contributed by atoms with Crippen molar-refractivity contribution < 1.29 is 9.47 Å². The maximum Gasteiger partial charge on any atom is 0.167 e. The molecule has 0 atom stereocenters. The Kier molecular flexibility index (Phi) is 9.89. The molecule has 2 aromatic carbocycles. The number of ether oxygens (including phenoxy) is 2. The highest BCUT2D eigenvalue weighted by atomic mass is 79.9. The predicted molar refractivity (Wildman–Crippen MR) is 121 cm³/mol. The van der Waals surface area contributed by atoms with Crippen LogP contribution in [0.4, 0.5) is 0 Å². The Hall–Kier alpha value is -0.980. The maximum atomic E-state index is 6.13. The molecule has 0 amide bonds. The van der Waals surface area contributed by atoms with Crippen LogP contribution in [0, 0.1) is 0 Å². The number of rotatable bonds is 11. The SMILES string of the molecule is CCN(CC)CCNCc1c(Br)ccc(OC)c1OCc1ccc(Cl)c(Cl)c1. The summed E-state index contributed by atoms with van der Waals surface area (Å²) in [7, 11) is 1.65. The van der Waals surface area contributed by atoms with Gasteiger partial charge in [-0.05, 0) is 42.9 Å². The number of halogens is 3. The van der Waals surface area contributed by atoms with Crippen molar-refractivity contribution >= 4 is 39.1 Å². The van der Waals surface area contributed by atoms with E-state index in [0.29, 0.717) is 28.9 Å². The molecule has 0 saturated carbocycles. The lowest BCUT2D eigenvalue weighted by atomic mass is 10.1. The summed E-state index contributed by atoms with van der Waals surface area (Å²) < 4.78 is 12.6. The van der Waals surface area contributed by atoms with Crippen LogP contribution < -0.4 is 14.8 Å². The Morgan fingerprint density at radius 2 is 1.82 bits per heavy atom. The van der Waals surface area contributed by atoms with E-state index in [1.165, 1.54) is 0 Å². The normalized spacial score (nSPS) is 11.1. The third kappa shape index (κ3) is 6.53. The van der Waals surface area contributed by atoms with Crippen LogP contribution in [0.3, 0.4) is 0 Å². The van der Waals surface area contributed by atoms with Crippen LogP contribution in [0.2, 0.25) is 10.0 Å². The highest BCUT2D eigenvalue weighted by Crippen LogP contribution is 2.37. The van der Waals surface area contributed by atoms with Gasteiger partial charge < -0.3 is 19.7 Å². The number of hydrogen-bond acceptors (Lipinski definition) is 4. The highest BCUT2D eigenvalue weighted by Gasteiger charge is 2.15. The second-order valence-corrected chi connectivity index (χ2v) is 7.97. The second-order valence-electron chi connectivity index (χ2n) is 6.30. The topological polar surface area (TPSA) is 33.7 Å². The molecule has 0 bridgehead atoms. The minimum absolute atomic E-state index is 0.371. The zero-order valence-electron chi connectivity index (χ0n) is 16.5. The quantitative estimate of drug-likeness (QED) is 0.406. The molecule has 0 spiro atoms. The average Bonchev–Trinajstić information content (AvgIpc) is 2.70. The summed E-state index contributed by atoms with van der Waals surface area (Å²) >= 11 is 15.7. The van der Waals surface area contributed by atoms with E-state index in [1.54, 1.807) is 13.2 Å². The molecule has 0 fully saturated rings. The zero-order chi connectivity index (χ0) is 20.5. The summed E-state index contributed by atoms with van der Waals surface area (Å²) in [6.45, 7) is 9.42. The van der Waals surface area contributed by atoms with E-state index in [9.17, 15) is 0 Å². The number of hydrogen-bond donors (Lipinski definition) is 1. The van der Waals surface area contributed by atoms with E-state index in [-0.39, 0.29) is 0 Å². The van der Waals surface area contributed by atoms with Crippen LogP contribution in [-0.4, -0.2) is 38.2 Å². The second kappa shape index (κ2) is 11.9. The maximum absolute atomic E-state index is 6.13. The molecule has 28 heavy (non-hydrogen) atoms. The molecule has 2 rings (SSSR count). The lowest BCUT2D eigenvalue weighted by molar-refractivity contribution is 0.279. The van der Waals surface area contributed by atoms with E-state index in [2.05, 4.69) is 40.0 Å². The first-order valence-corrected chi connectivity index (χ1v) is 10.9. The molecule has 0 aliphatic rings. The summed E-state index contributed by atoms with van der Waals surface area (Å²) in [6.07, 6.45) is 0. The summed E-state index contributed by atoms with van der Waals surface area (Å²) in [6, 6.07) is 9.37. The van der Waals surface area contributed by atoms with Gasteiger partial charge in [0.15, 0.2) is 11.5 Å². The lowest BCUT2D eigenvalue weighted by Crippen LogP contribution is -2.31. The zero-order valence-corrected chi connectivity index (χ0v) is 19.6. The molecule has 154 valence electrons. The Bertz CT molecular complexity index is 770. The molecule has 0 saturated heterocycles. The molecule has 2 aromatic rings. The van der Waals surface area contributed by atoms with Gasteiger partial charge in [0.1, 0.15) is 6.61 Å². The molecule has 7 heteroatoms. The van der Waals surface area contributed by atoms with E-state index in [4.69, 9.17) is 32.7 Å². The van der Waals surface area contributed by atoms with Gasteiger partial charge in [0.2, 0.25) is 0 Å². The van der Waals surface area contributed by atoms with Crippen molar-refractivity contribution in [2.75, 3.05) is 33.3 Å². The predicted octanol–water partition coefficient (Wildman–Crippen LogP) is 5.77. The van der Waals surface area contributed by atoms with Crippen LogP contribution in [0.5, 0.6) is 11.5 Å². The van der Waals surface area contributed by atoms with Crippen LogP contribution in [0.25, 0.3) is 0 Å². The molecule has 0 radical (unpaired) electrons. The first-order valence-electron chi connectivity index (χ1n) is 9.35. The van der Waals surface area contributed by atoms with Crippen molar-refractivity contribution in [3.8, 4) is 11.5 Å². The monoisotopic (exact) mass is 488 g/mol. The number of nitrogens with zero attached hydrogens (tertiary/aromatic N) is 1. The smallest absolute Gasteiger partial charge is 0.167 e. The average molecular weight is 490 g/mol. The van der Waals surface area contributed by atoms with Gasteiger partial charge in [0.25, 0.3) is 0 Å². The Balaban J connectivity index is 2.10. The minimum Gasteiger partial charge on any atom is -0.493 e. The standard InChI is InChI=1S/C21H27BrCl2N2O2/c1-4-26(5-2)11-10-25-13-16-17(22)7-9-20(27-3)21(16)28-14-15-6-8-18(23)19(24)12-15/h6-9,12,25H,4-5,10-11,13-14H2,1-3H3. The van der Waals surface area contributed by atoms with Gasteiger partial charge in [-0.15, -0.1) is 0 Å². The summed E-state index contributed by atoms with van der Waals surface area (Å²) in [5.41, 5.74) is 1.97. The highest BCUT2D eigenvalue weighted by molar-refractivity contribution is 9.10. The number of nitrogens with one attached hydrogen (secondary N) is 1. The Morgan fingerprint density at radius 3 is 2.46 bits per heavy atom. The summed E-state index contributed by atoms with van der Waals surface area (Å²) in [5.74, 6) is 1.42. The van der Waals surface area contributed by atoms with Crippen molar-refractivity contribution in [2.45, 2.75) is 27.0 Å². The van der Waals surface area contributed by atoms with E-state index in [0.717, 1.165) is 47.5 Å². The third-order valence-electron chi connectivity index (χ3n) is 4.56. The molecule has 0 unspecified atom stereocenters. The largest absolute Gasteiger partial charge is 0.493 e. The fourth-order valence-electron chi connectivity index (χ4n) is 2.84. The van der Waals surface area contributed by atoms with Crippen molar-refractivity contribution in [1.29, 1.82) is 0 Å². The van der Waals surface area contributed by atoms with E-state index in [1.807, 2.05) is 24.3 Å². The van der Waals surface area contributed by atoms with Gasteiger partial charge in [0.05, 0.1) is 17.2 Å². The molecular formula is C21H27BrCl2N2O2. The van der Waals surface area contributed by atoms with Crippen LogP contribution in [0.1, 0.15) is 25.0 Å². The lowest BCUT2D eigenvalue weighted by Gasteiger charge is -2.20. The van der Waals surface area contributed by atoms with E-state index >= 15 is 0 Å². The summed E-state index contributed by atoms with van der Waals surface area (Å²) in [4.78, 5) is 2.38. The Labute approximate surface area is 186 Å². The number of methoxy groups -OCH3 is 1. The molecule has 1 N–H and O–H groups in total. The molecule has 4 nitrogen and oxygen atoms in total. The van der Waals surface area contributed by atoms with Gasteiger partial charge in [-0.3, -0.25) is 0 Å². The molecule has 0 heterocycles. The van der Waals surface area contributed by atoms with Gasteiger partial charge >= 0.3 is 0 Å². The van der Waals surface area contributed by atoms with Crippen molar-refractivity contribution in [3.05, 3.63) is 56.0 Å². The molecule has 0 aliphatic heterocycles. The number of likely N-dealkylation sites (N-methyl/N-ethyl adjacent to an activating group) is 1. The van der Waals surface area contributed by atoms with Gasteiger partial charge in [0, 0.05) is 29.7 Å². The van der Waals surface area contributed by atoms with Crippen molar-refractivity contribution in [1.82, 2.24) is 10.2 Å². The van der Waals surface area contributed by atoms with Gasteiger partial charge in [-0.2, -0.15) is 0 Å². The van der Waals surface area contributed by atoms with Crippen LogP contribution in [-0.2, 0) is 13.2 Å².